The Bertz CT molecular complexity index is 833. The Morgan fingerprint density at radius 2 is 1.86 bits per heavy atom. The minimum absolute atomic E-state index is 0.236. The molecule has 3 N–H and O–H groups in total. The number of para-hydroxylation sites is 1. The molecular formula is C17H17NO3. The Morgan fingerprint density at radius 1 is 1.14 bits per heavy atom. The molecule has 4 nitrogen and oxygen atoms in total. The molecule has 0 aliphatic heterocycles. The highest BCUT2D eigenvalue weighted by Crippen LogP contribution is 2.38. The minimum Gasteiger partial charge on any atom is -0.481 e. The third kappa shape index (κ3) is 2.08. The summed E-state index contributed by atoms with van der Waals surface area (Å²) in [6, 6.07) is 11.2. The number of hydrogen-bond donors (Lipinski definition) is 2. The number of carboxylic acids is 1. The van der Waals surface area contributed by atoms with Crippen molar-refractivity contribution in [2.24, 2.45) is 5.73 Å². The van der Waals surface area contributed by atoms with Gasteiger partial charge in [0.25, 0.3) is 0 Å². The van der Waals surface area contributed by atoms with Crippen LogP contribution in [0.4, 0.5) is 0 Å². The molecule has 0 saturated carbocycles. The van der Waals surface area contributed by atoms with E-state index in [1.165, 1.54) is 0 Å². The van der Waals surface area contributed by atoms with Crippen LogP contribution in [-0.2, 0) is 4.79 Å². The maximum Gasteiger partial charge on any atom is 0.310 e. The van der Waals surface area contributed by atoms with Crippen molar-refractivity contribution < 1.29 is 14.3 Å². The van der Waals surface area contributed by atoms with Crippen LogP contribution in [0.25, 0.3) is 21.9 Å². The van der Waals surface area contributed by atoms with Crippen molar-refractivity contribution in [1.29, 1.82) is 0 Å². The summed E-state index contributed by atoms with van der Waals surface area (Å²) in [6.45, 7) is 3.55. The highest BCUT2D eigenvalue weighted by molar-refractivity contribution is 6.08. The van der Waals surface area contributed by atoms with Gasteiger partial charge in [0.05, 0.1) is 5.92 Å². The van der Waals surface area contributed by atoms with Crippen molar-refractivity contribution in [2.45, 2.75) is 25.8 Å². The number of benzene rings is 2. The summed E-state index contributed by atoms with van der Waals surface area (Å²) < 4.78 is 5.82. The topological polar surface area (TPSA) is 76.5 Å². The third-order valence-electron chi connectivity index (χ3n) is 3.91. The summed E-state index contributed by atoms with van der Waals surface area (Å²) in [5.41, 5.74) is 9.09. The van der Waals surface area contributed by atoms with Gasteiger partial charge < -0.3 is 15.3 Å². The van der Waals surface area contributed by atoms with E-state index in [0.717, 1.165) is 27.5 Å². The second-order valence-electron chi connectivity index (χ2n) is 5.39. The predicted molar refractivity (Wildman–Crippen MR) is 82.4 cm³/mol. The van der Waals surface area contributed by atoms with Crippen LogP contribution in [0.1, 0.15) is 36.9 Å². The van der Waals surface area contributed by atoms with E-state index in [0.29, 0.717) is 5.58 Å². The molecule has 0 bridgehead atoms. The van der Waals surface area contributed by atoms with Gasteiger partial charge in [0.15, 0.2) is 0 Å². The maximum atomic E-state index is 11.5. The summed E-state index contributed by atoms with van der Waals surface area (Å²) in [7, 11) is 0. The zero-order valence-electron chi connectivity index (χ0n) is 12.0. The molecule has 1 aromatic heterocycles. The Morgan fingerprint density at radius 3 is 2.52 bits per heavy atom. The monoisotopic (exact) mass is 283 g/mol. The van der Waals surface area contributed by atoms with Crippen LogP contribution in [-0.4, -0.2) is 11.1 Å². The normalized spacial score (nSPS) is 14.4. The number of furan rings is 1. The Labute approximate surface area is 122 Å². The molecule has 3 rings (SSSR count). The molecule has 0 aliphatic carbocycles. The Balaban J connectivity index is 2.47. The number of fused-ring (bicyclic) bond motifs is 3. The molecule has 2 unspecified atom stereocenters. The van der Waals surface area contributed by atoms with Crippen molar-refractivity contribution >= 4 is 27.9 Å². The molecule has 0 saturated heterocycles. The second-order valence-corrected chi connectivity index (χ2v) is 5.39. The summed E-state index contributed by atoms with van der Waals surface area (Å²) in [5, 5.41) is 11.2. The van der Waals surface area contributed by atoms with Crippen LogP contribution in [0.5, 0.6) is 0 Å². The summed E-state index contributed by atoms with van der Waals surface area (Å²) in [6.07, 6.45) is 0. The first-order chi connectivity index (χ1) is 10.0. The number of carbonyl (C=O) groups is 1. The van der Waals surface area contributed by atoms with Crippen LogP contribution in [0.15, 0.2) is 40.8 Å². The standard InChI is InChI=1S/C17H17NO3/c1-9(17(19)20)15-11(10(2)18)7-8-14-16(15)12-5-3-4-6-13(12)21-14/h3-10H,18H2,1-2H3,(H,19,20). The number of aliphatic carboxylic acids is 1. The lowest BCUT2D eigenvalue weighted by Gasteiger charge is -2.17. The second kappa shape index (κ2) is 4.90. The van der Waals surface area contributed by atoms with Crippen LogP contribution in [0, 0.1) is 0 Å². The first-order valence-electron chi connectivity index (χ1n) is 6.93. The first-order valence-corrected chi connectivity index (χ1v) is 6.93. The minimum atomic E-state index is -0.866. The highest BCUT2D eigenvalue weighted by Gasteiger charge is 2.24. The smallest absolute Gasteiger partial charge is 0.310 e. The number of rotatable bonds is 3. The molecule has 3 aromatic rings. The van der Waals surface area contributed by atoms with Crippen molar-refractivity contribution in [1.82, 2.24) is 0 Å². The molecule has 0 spiro atoms. The van der Waals surface area contributed by atoms with Gasteiger partial charge in [-0.3, -0.25) is 4.79 Å². The molecular weight excluding hydrogens is 266 g/mol. The molecule has 0 fully saturated rings. The van der Waals surface area contributed by atoms with Gasteiger partial charge in [0.1, 0.15) is 11.2 Å². The lowest BCUT2D eigenvalue weighted by atomic mass is 9.88. The molecule has 2 atom stereocenters. The average molecular weight is 283 g/mol. The van der Waals surface area contributed by atoms with Gasteiger partial charge in [-0.05, 0) is 37.1 Å². The van der Waals surface area contributed by atoms with E-state index in [2.05, 4.69) is 0 Å². The van der Waals surface area contributed by atoms with Crippen LogP contribution in [0.2, 0.25) is 0 Å². The zero-order chi connectivity index (χ0) is 15.1. The summed E-state index contributed by atoms with van der Waals surface area (Å²) >= 11 is 0. The molecule has 0 amide bonds. The number of carboxylic acid groups (broad SMARTS) is 1. The van der Waals surface area contributed by atoms with Gasteiger partial charge in [-0.25, -0.2) is 0 Å². The largest absolute Gasteiger partial charge is 0.481 e. The SMILES string of the molecule is CC(N)c1ccc2oc3ccccc3c2c1C(C)C(=O)O. The lowest BCUT2D eigenvalue weighted by Crippen LogP contribution is -2.15. The van der Waals surface area contributed by atoms with Crippen molar-refractivity contribution in [2.75, 3.05) is 0 Å². The number of nitrogens with two attached hydrogens (primary N) is 1. The van der Waals surface area contributed by atoms with E-state index in [1.54, 1.807) is 6.92 Å². The van der Waals surface area contributed by atoms with E-state index < -0.39 is 11.9 Å². The van der Waals surface area contributed by atoms with Crippen molar-refractivity contribution in [3.63, 3.8) is 0 Å². The van der Waals surface area contributed by atoms with Crippen LogP contribution in [0.3, 0.4) is 0 Å². The molecule has 108 valence electrons. The van der Waals surface area contributed by atoms with E-state index in [9.17, 15) is 9.90 Å². The maximum absolute atomic E-state index is 11.5. The Kier molecular flexibility index (Phi) is 3.18. The van der Waals surface area contributed by atoms with E-state index in [1.807, 2.05) is 43.3 Å². The lowest BCUT2D eigenvalue weighted by molar-refractivity contribution is -0.138. The fourth-order valence-electron chi connectivity index (χ4n) is 2.85. The van der Waals surface area contributed by atoms with Gasteiger partial charge in [0.2, 0.25) is 0 Å². The van der Waals surface area contributed by atoms with E-state index >= 15 is 0 Å². The average Bonchev–Trinajstić information content (AvgIpc) is 2.83. The Hall–Kier alpha value is -2.33. The van der Waals surface area contributed by atoms with Crippen LogP contribution < -0.4 is 5.73 Å². The molecule has 0 radical (unpaired) electrons. The van der Waals surface area contributed by atoms with Gasteiger partial charge in [0, 0.05) is 16.8 Å². The fraction of sp³-hybridized carbons (Fsp3) is 0.235. The number of hydrogen-bond acceptors (Lipinski definition) is 3. The highest BCUT2D eigenvalue weighted by atomic mass is 16.4. The molecule has 2 aromatic carbocycles. The zero-order valence-corrected chi connectivity index (χ0v) is 12.0. The van der Waals surface area contributed by atoms with E-state index in [-0.39, 0.29) is 6.04 Å². The predicted octanol–water partition coefficient (Wildman–Crippen LogP) is 3.79. The van der Waals surface area contributed by atoms with E-state index in [4.69, 9.17) is 10.2 Å². The molecule has 1 heterocycles. The van der Waals surface area contributed by atoms with Gasteiger partial charge >= 0.3 is 5.97 Å². The summed E-state index contributed by atoms with van der Waals surface area (Å²) in [4.78, 5) is 11.5. The van der Waals surface area contributed by atoms with Crippen molar-refractivity contribution in [3.8, 4) is 0 Å². The van der Waals surface area contributed by atoms with Crippen LogP contribution >= 0.6 is 0 Å². The fourth-order valence-corrected chi connectivity index (χ4v) is 2.85. The van der Waals surface area contributed by atoms with Gasteiger partial charge in [-0.15, -0.1) is 0 Å². The van der Waals surface area contributed by atoms with Gasteiger partial charge in [-0.2, -0.15) is 0 Å². The first kappa shape index (κ1) is 13.6. The molecule has 0 aliphatic rings. The van der Waals surface area contributed by atoms with Crippen molar-refractivity contribution in [3.05, 3.63) is 47.5 Å². The third-order valence-corrected chi connectivity index (χ3v) is 3.91. The summed E-state index contributed by atoms with van der Waals surface area (Å²) in [5.74, 6) is -1.51. The molecule has 21 heavy (non-hydrogen) atoms. The quantitative estimate of drug-likeness (QED) is 0.766. The van der Waals surface area contributed by atoms with Gasteiger partial charge in [-0.1, -0.05) is 24.3 Å². The molecule has 4 heteroatoms.